The fourth-order valence-electron chi connectivity index (χ4n) is 2.32. The Morgan fingerprint density at radius 3 is 2.79 bits per heavy atom. The topological polar surface area (TPSA) is 105 Å². The Bertz CT molecular complexity index is 995. The molecule has 24 heavy (non-hydrogen) atoms. The van der Waals surface area contributed by atoms with E-state index in [1.807, 2.05) is 28.8 Å². The maximum atomic E-state index is 5.80. The highest BCUT2D eigenvalue weighted by Gasteiger charge is 2.19. The molecule has 4 rings (SSSR count). The summed E-state index contributed by atoms with van der Waals surface area (Å²) in [6.07, 6.45) is 1.55. The fourth-order valence-corrected chi connectivity index (χ4v) is 2.44. The fraction of sp³-hybridized carbons (Fsp3) is 0.0667. The van der Waals surface area contributed by atoms with Crippen LogP contribution in [-0.2, 0) is 6.73 Å². The number of hydrogen-bond acceptors (Lipinski definition) is 7. The molecule has 0 aliphatic carbocycles. The number of nitrogens with zero attached hydrogens (tertiary/aromatic N) is 5. The number of anilines is 1. The molecule has 0 radical (unpaired) electrons. The summed E-state index contributed by atoms with van der Waals surface area (Å²) in [4.78, 5) is 8.53. The number of fused-ring (bicyclic) bond motifs is 1. The van der Waals surface area contributed by atoms with Crippen LogP contribution in [0.3, 0.4) is 0 Å². The molecule has 0 saturated heterocycles. The third-order valence-electron chi connectivity index (χ3n) is 3.44. The first-order valence-corrected chi connectivity index (χ1v) is 7.38. The van der Waals surface area contributed by atoms with Crippen LogP contribution in [0.4, 0.5) is 5.82 Å². The van der Waals surface area contributed by atoms with Crippen molar-refractivity contribution in [1.82, 2.24) is 24.8 Å². The van der Waals surface area contributed by atoms with Crippen molar-refractivity contribution in [2.45, 2.75) is 6.73 Å². The highest BCUT2D eigenvalue weighted by molar-refractivity contribution is 6.29. The van der Waals surface area contributed by atoms with Crippen molar-refractivity contribution in [2.24, 2.45) is 0 Å². The van der Waals surface area contributed by atoms with Crippen molar-refractivity contribution in [1.29, 1.82) is 0 Å². The van der Waals surface area contributed by atoms with Gasteiger partial charge in [-0.15, -0.1) is 0 Å². The highest BCUT2D eigenvalue weighted by atomic mass is 35.5. The summed E-state index contributed by atoms with van der Waals surface area (Å²) in [7, 11) is 0. The number of pyridine rings is 1. The molecule has 2 N–H and O–H groups in total. The van der Waals surface area contributed by atoms with Crippen LogP contribution in [0.2, 0.25) is 5.15 Å². The van der Waals surface area contributed by atoms with Crippen LogP contribution < -0.4 is 10.5 Å². The van der Waals surface area contributed by atoms with Gasteiger partial charge in [0.25, 0.3) is 0 Å². The predicted octanol–water partition coefficient (Wildman–Crippen LogP) is 2.75. The lowest BCUT2D eigenvalue weighted by Gasteiger charge is -2.10. The molecule has 9 heteroatoms. The summed E-state index contributed by atoms with van der Waals surface area (Å²) < 4.78 is 12.3. The molecule has 0 aliphatic rings. The van der Waals surface area contributed by atoms with E-state index < -0.39 is 0 Å². The van der Waals surface area contributed by atoms with Crippen molar-refractivity contribution in [3.63, 3.8) is 0 Å². The lowest BCUT2D eigenvalue weighted by Crippen LogP contribution is -2.08. The number of nitrogen functional groups attached to an aromatic ring is 1. The van der Waals surface area contributed by atoms with Gasteiger partial charge >= 0.3 is 0 Å². The average Bonchev–Trinajstić information content (AvgIpc) is 3.17. The lowest BCUT2D eigenvalue weighted by molar-refractivity contribution is 0.241. The van der Waals surface area contributed by atoms with Crippen LogP contribution in [0, 0.1) is 0 Å². The van der Waals surface area contributed by atoms with Gasteiger partial charge in [-0.3, -0.25) is 4.57 Å². The van der Waals surface area contributed by atoms with Crippen molar-refractivity contribution in [3.05, 3.63) is 47.7 Å². The monoisotopic (exact) mass is 342 g/mol. The van der Waals surface area contributed by atoms with E-state index in [0.717, 1.165) is 11.0 Å². The zero-order valence-corrected chi connectivity index (χ0v) is 13.0. The van der Waals surface area contributed by atoms with E-state index in [1.54, 1.807) is 18.3 Å². The Labute approximate surface area is 140 Å². The molecule has 3 heterocycles. The number of halogens is 1. The number of benzene rings is 1. The molecule has 0 spiro atoms. The molecule has 120 valence electrons. The van der Waals surface area contributed by atoms with E-state index in [1.165, 1.54) is 0 Å². The van der Waals surface area contributed by atoms with Crippen LogP contribution in [0.15, 0.2) is 47.2 Å². The van der Waals surface area contributed by atoms with Crippen LogP contribution in [0.1, 0.15) is 0 Å². The molecule has 3 aromatic heterocycles. The van der Waals surface area contributed by atoms with Gasteiger partial charge in [0.05, 0.1) is 17.2 Å². The maximum Gasteiger partial charge on any atom is 0.199 e. The minimum Gasteiger partial charge on any atom is -0.471 e. The highest BCUT2D eigenvalue weighted by Crippen LogP contribution is 2.26. The molecule has 0 saturated carbocycles. The number of ether oxygens (including phenoxy) is 1. The van der Waals surface area contributed by atoms with Gasteiger partial charge in [0.1, 0.15) is 10.9 Å². The second-order valence-corrected chi connectivity index (χ2v) is 5.33. The number of imidazole rings is 1. The second-order valence-electron chi connectivity index (χ2n) is 4.94. The largest absolute Gasteiger partial charge is 0.471 e. The lowest BCUT2D eigenvalue weighted by atomic mass is 10.3. The molecule has 0 unspecified atom stereocenters. The molecule has 0 fully saturated rings. The standard InChI is InChI=1S/C15H11ClN6O2/c16-12-6-5-9(7-18-12)23-8-22-11-4-2-1-3-10(11)19-15(22)13-14(17)21-24-20-13/h1-7H,8H2,(H2,17,21). The number of hydrogen-bond donors (Lipinski definition) is 1. The summed E-state index contributed by atoms with van der Waals surface area (Å²) in [5.41, 5.74) is 7.82. The predicted molar refractivity (Wildman–Crippen MR) is 87.3 cm³/mol. The zero-order valence-electron chi connectivity index (χ0n) is 12.3. The number of aromatic nitrogens is 5. The van der Waals surface area contributed by atoms with Gasteiger partial charge in [0.15, 0.2) is 24.1 Å². The molecular weight excluding hydrogens is 332 g/mol. The molecule has 8 nitrogen and oxygen atoms in total. The first-order valence-electron chi connectivity index (χ1n) is 7.00. The van der Waals surface area contributed by atoms with E-state index in [9.17, 15) is 0 Å². The van der Waals surface area contributed by atoms with E-state index in [2.05, 4.69) is 24.9 Å². The van der Waals surface area contributed by atoms with Crippen LogP contribution in [0.5, 0.6) is 5.75 Å². The Kier molecular flexibility index (Phi) is 3.51. The SMILES string of the molecule is Nc1nonc1-c1nc2ccccc2n1COc1ccc(Cl)nc1. The maximum absolute atomic E-state index is 5.80. The normalized spacial score (nSPS) is 11.0. The number of rotatable bonds is 4. The van der Waals surface area contributed by atoms with Gasteiger partial charge in [0, 0.05) is 0 Å². The second kappa shape index (κ2) is 5.82. The Morgan fingerprint density at radius 2 is 2.04 bits per heavy atom. The van der Waals surface area contributed by atoms with Crippen molar-refractivity contribution in [2.75, 3.05) is 5.73 Å². The van der Waals surface area contributed by atoms with E-state index >= 15 is 0 Å². The Morgan fingerprint density at radius 1 is 1.17 bits per heavy atom. The number of para-hydroxylation sites is 2. The van der Waals surface area contributed by atoms with Crippen LogP contribution in [-0.4, -0.2) is 24.8 Å². The van der Waals surface area contributed by atoms with Crippen LogP contribution >= 0.6 is 11.6 Å². The average molecular weight is 343 g/mol. The Hall–Kier alpha value is -3.13. The summed E-state index contributed by atoms with van der Waals surface area (Å²) >= 11 is 5.78. The summed E-state index contributed by atoms with van der Waals surface area (Å²) in [6, 6.07) is 11.0. The molecule has 4 aromatic rings. The van der Waals surface area contributed by atoms with Gasteiger partial charge in [-0.2, -0.15) is 0 Å². The van der Waals surface area contributed by atoms with Gasteiger partial charge in [-0.1, -0.05) is 23.7 Å². The van der Waals surface area contributed by atoms with E-state index in [0.29, 0.717) is 22.4 Å². The van der Waals surface area contributed by atoms with Crippen molar-refractivity contribution < 1.29 is 9.37 Å². The molecule has 0 aliphatic heterocycles. The summed E-state index contributed by atoms with van der Waals surface area (Å²) in [6.45, 7) is 0.186. The van der Waals surface area contributed by atoms with Gasteiger partial charge in [-0.05, 0) is 34.6 Å². The minimum absolute atomic E-state index is 0.166. The zero-order chi connectivity index (χ0) is 16.5. The first-order chi connectivity index (χ1) is 11.7. The molecule has 1 aromatic carbocycles. The minimum atomic E-state index is 0.166. The van der Waals surface area contributed by atoms with E-state index in [-0.39, 0.29) is 12.5 Å². The smallest absolute Gasteiger partial charge is 0.199 e. The Balaban J connectivity index is 1.75. The third-order valence-corrected chi connectivity index (χ3v) is 3.66. The summed E-state index contributed by atoms with van der Waals surface area (Å²) in [5, 5.41) is 7.83. The van der Waals surface area contributed by atoms with Gasteiger partial charge < -0.3 is 10.5 Å². The third kappa shape index (κ3) is 2.52. The molecular formula is C15H11ClN6O2. The first kappa shape index (κ1) is 14.5. The van der Waals surface area contributed by atoms with E-state index in [4.69, 9.17) is 22.1 Å². The quantitative estimate of drug-likeness (QED) is 0.568. The molecule has 0 bridgehead atoms. The molecule has 0 atom stereocenters. The molecule has 0 amide bonds. The van der Waals surface area contributed by atoms with Crippen molar-refractivity contribution >= 4 is 28.5 Å². The van der Waals surface area contributed by atoms with Gasteiger partial charge in [0.2, 0.25) is 0 Å². The number of nitrogens with two attached hydrogens (primary N) is 1. The summed E-state index contributed by atoms with van der Waals surface area (Å²) in [5.74, 6) is 1.26. The van der Waals surface area contributed by atoms with Gasteiger partial charge in [-0.25, -0.2) is 14.6 Å². The van der Waals surface area contributed by atoms with Crippen molar-refractivity contribution in [3.8, 4) is 17.3 Å². The van der Waals surface area contributed by atoms with Crippen LogP contribution in [0.25, 0.3) is 22.6 Å².